The minimum absolute atomic E-state index is 0.00510. The smallest absolute Gasteiger partial charge is 0.312 e. The lowest BCUT2D eigenvalue weighted by Crippen LogP contribution is -2.28. The zero-order chi connectivity index (χ0) is 22.2. The van der Waals surface area contributed by atoms with Crippen LogP contribution >= 0.6 is 11.3 Å². The van der Waals surface area contributed by atoms with Gasteiger partial charge in [0.2, 0.25) is 0 Å². The van der Waals surface area contributed by atoms with Gasteiger partial charge in [0.15, 0.2) is 18.1 Å². The predicted octanol–water partition coefficient (Wildman–Crippen LogP) is 3.54. The van der Waals surface area contributed by atoms with E-state index in [1.165, 1.54) is 11.3 Å². The van der Waals surface area contributed by atoms with Gasteiger partial charge in [0, 0.05) is 17.5 Å². The zero-order valence-electron chi connectivity index (χ0n) is 17.6. The van der Waals surface area contributed by atoms with Gasteiger partial charge in [-0.25, -0.2) is 4.98 Å². The Bertz CT molecular complexity index is 1060. The molecule has 0 fully saturated rings. The molecule has 0 atom stereocenters. The molecule has 162 valence electrons. The van der Waals surface area contributed by atoms with Gasteiger partial charge in [0.05, 0.1) is 26.3 Å². The van der Waals surface area contributed by atoms with Crippen molar-refractivity contribution >= 4 is 23.2 Å². The van der Waals surface area contributed by atoms with Crippen LogP contribution in [0.15, 0.2) is 47.8 Å². The molecule has 3 aromatic rings. The Morgan fingerprint density at radius 3 is 2.58 bits per heavy atom. The molecule has 0 saturated carbocycles. The average Bonchev–Trinajstić information content (AvgIpc) is 3.25. The SMILES string of the molecule is COc1ccc(-c2nc(CC(=O)OCC(=O)NCc3ccccc3C)cs2)cc1OC. The molecule has 0 bridgehead atoms. The molecule has 0 saturated heterocycles. The maximum atomic E-state index is 12.1. The molecule has 0 aliphatic heterocycles. The highest BCUT2D eigenvalue weighted by Gasteiger charge is 2.13. The van der Waals surface area contributed by atoms with Crippen molar-refractivity contribution in [3.05, 3.63) is 64.7 Å². The van der Waals surface area contributed by atoms with Crippen molar-refractivity contribution in [3.63, 3.8) is 0 Å². The number of methoxy groups -OCH3 is 2. The number of thiazole rings is 1. The fourth-order valence-electron chi connectivity index (χ4n) is 2.89. The Morgan fingerprint density at radius 2 is 1.84 bits per heavy atom. The summed E-state index contributed by atoms with van der Waals surface area (Å²) in [6.07, 6.45) is -0.00510. The van der Waals surface area contributed by atoms with Crippen LogP contribution in [-0.2, 0) is 27.3 Å². The Kier molecular flexibility index (Phi) is 7.61. The van der Waals surface area contributed by atoms with Crippen LogP contribution in [-0.4, -0.2) is 37.7 Å². The molecule has 1 heterocycles. The summed E-state index contributed by atoms with van der Waals surface area (Å²) in [6, 6.07) is 13.3. The minimum atomic E-state index is -0.504. The van der Waals surface area contributed by atoms with Crippen molar-refractivity contribution in [2.75, 3.05) is 20.8 Å². The van der Waals surface area contributed by atoms with Crippen molar-refractivity contribution < 1.29 is 23.8 Å². The summed E-state index contributed by atoms with van der Waals surface area (Å²) in [5, 5.41) is 5.30. The van der Waals surface area contributed by atoms with E-state index in [9.17, 15) is 9.59 Å². The van der Waals surface area contributed by atoms with Crippen LogP contribution < -0.4 is 14.8 Å². The number of carbonyl (C=O) groups excluding carboxylic acids is 2. The van der Waals surface area contributed by atoms with E-state index in [-0.39, 0.29) is 18.9 Å². The van der Waals surface area contributed by atoms with E-state index >= 15 is 0 Å². The van der Waals surface area contributed by atoms with E-state index in [0.29, 0.717) is 23.7 Å². The van der Waals surface area contributed by atoms with Gasteiger partial charge >= 0.3 is 5.97 Å². The monoisotopic (exact) mass is 440 g/mol. The fourth-order valence-corrected chi connectivity index (χ4v) is 3.70. The van der Waals surface area contributed by atoms with Crippen LogP contribution in [0.1, 0.15) is 16.8 Å². The molecule has 0 unspecified atom stereocenters. The average molecular weight is 441 g/mol. The molecule has 31 heavy (non-hydrogen) atoms. The molecule has 8 heteroatoms. The summed E-state index contributed by atoms with van der Waals surface area (Å²) in [4.78, 5) is 28.5. The quantitative estimate of drug-likeness (QED) is 0.512. The molecule has 1 N–H and O–H groups in total. The predicted molar refractivity (Wildman–Crippen MR) is 118 cm³/mol. The lowest BCUT2D eigenvalue weighted by atomic mass is 10.1. The number of hydrogen-bond acceptors (Lipinski definition) is 7. The van der Waals surface area contributed by atoms with Gasteiger partial charge < -0.3 is 19.5 Å². The van der Waals surface area contributed by atoms with Gasteiger partial charge in [-0.05, 0) is 36.2 Å². The first kappa shape index (κ1) is 22.3. The first-order valence-corrected chi connectivity index (χ1v) is 10.5. The summed E-state index contributed by atoms with van der Waals surface area (Å²) in [7, 11) is 3.15. The third-order valence-corrected chi connectivity index (χ3v) is 5.55. The van der Waals surface area contributed by atoms with Crippen LogP contribution in [0.4, 0.5) is 0 Å². The number of rotatable bonds is 9. The molecule has 2 aromatic carbocycles. The van der Waals surface area contributed by atoms with Crippen LogP contribution in [0.25, 0.3) is 10.6 Å². The maximum Gasteiger partial charge on any atom is 0.312 e. The third-order valence-electron chi connectivity index (χ3n) is 4.61. The van der Waals surface area contributed by atoms with E-state index < -0.39 is 5.97 Å². The molecule has 3 rings (SSSR count). The standard InChI is InChI=1S/C23H24N2O5S/c1-15-6-4-5-7-17(15)12-24-21(26)13-30-22(27)11-18-14-31-23(25-18)16-8-9-19(28-2)20(10-16)29-3/h4-10,14H,11-13H2,1-3H3,(H,24,26). The van der Waals surface area contributed by atoms with Crippen LogP contribution in [0.3, 0.4) is 0 Å². The van der Waals surface area contributed by atoms with Crippen molar-refractivity contribution in [2.24, 2.45) is 0 Å². The van der Waals surface area contributed by atoms with E-state index in [0.717, 1.165) is 21.7 Å². The molecule has 0 spiro atoms. The fraction of sp³-hybridized carbons (Fsp3) is 0.261. The van der Waals surface area contributed by atoms with Gasteiger partial charge in [-0.1, -0.05) is 24.3 Å². The first-order chi connectivity index (χ1) is 15.0. The Morgan fingerprint density at radius 1 is 1.06 bits per heavy atom. The molecule has 7 nitrogen and oxygen atoms in total. The number of esters is 1. The maximum absolute atomic E-state index is 12.1. The number of aryl methyl sites for hydroxylation is 1. The van der Waals surface area contributed by atoms with Crippen LogP contribution in [0.5, 0.6) is 11.5 Å². The number of nitrogens with zero attached hydrogens (tertiary/aromatic N) is 1. The number of nitrogens with one attached hydrogen (secondary N) is 1. The van der Waals surface area contributed by atoms with Gasteiger partial charge in [-0.3, -0.25) is 9.59 Å². The van der Waals surface area contributed by atoms with Gasteiger partial charge in [0.1, 0.15) is 5.01 Å². The number of carbonyl (C=O) groups is 2. The number of ether oxygens (including phenoxy) is 3. The largest absolute Gasteiger partial charge is 0.493 e. The van der Waals surface area contributed by atoms with Gasteiger partial charge in [0.25, 0.3) is 5.91 Å². The minimum Gasteiger partial charge on any atom is -0.493 e. The zero-order valence-corrected chi connectivity index (χ0v) is 18.5. The Labute approximate surface area is 185 Å². The second kappa shape index (κ2) is 10.6. The highest BCUT2D eigenvalue weighted by atomic mass is 32.1. The molecule has 0 aliphatic rings. The lowest BCUT2D eigenvalue weighted by Gasteiger charge is -2.08. The molecule has 0 aliphatic carbocycles. The summed E-state index contributed by atoms with van der Waals surface area (Å²) in [5.74, 6) is 0.385. The normalized spacial score (nSPS) is 10.4. The Hall–Kier alpha value is -3.39. The highest BCUT2D eigenvalue weighted by Crippen LogP contribution is 2.33. The van der Waals surface area contributed by atoms with Crippen molar-refractivity contribution in [2.45, 2.75) is 19.9 Å². The van der Waals surface area contributed by atoms with E-state index in [4.69, 9.17) is 14.2 Å². The van der Waals surface area contributed by atoms with Gasteiger partial charge in [-0.2, -0.15) is 0 Å². The summed E-state index contributed by atoms with van der Waals surface area (Å²) in [6.45, 7) is 2.05. The number of hydrogen-bond donors (Lipinski definition) is 1. The highest BCUT2D eigenvalue weighted by molar-refractivity contribution is 7.13. The third kappa shape index (κ3) is 6.05. The lowest BCUT2D eigenvalue weighted by molar-refractivity contribution is -0.147. The summed E-state index contributed by atoms with van der Waals surface area (Å²) < 4.78 is 15.6. The van der Waals surface area contributed by atoms with E-state index in [2.05, 4.69) is 10.3 Å². The second-order valence-electron chi connectivity index (χ2n) is 6.75. The molecule has 1 aromatic heterocycles. The van der Waals surface area contributed by atoms with Crippen molar-refractivity contribution in [1.82, 2.24) is 10.3 Å². The number of benzene rings is 2. The number of amides is 1. The van der Waals surface area contributed by atoms with Crippen molar-refractivity contribution in [1.29, 1.82) is 0 Å². The molecule has 1 amide bonds. The number of aromatic nitrogens is 1. The van der Waals surface area contributed by atoms with Crippen LogP contribution in [0.2, 0.25) is 0 Å². The molecular formula is C23H24N2O5S. The molecule has 0 radical (unpaired) electrons. The van der Waals surface area contributed by atoms with Crippen molar-refractivity contribution in [3.8, 4) is 22.1 Å². The summed E-state index contributed by atoms with van der Waals surface area (Å²) in [5.41, 5.74) is 3.55. The summed E-state index contributed by atoms with van der Waals surface area (Å²) >= 11 is 1.41. The van der Waals surface area contributed by atoms with E-state index in [1.54, 1.807) is 25.7 Å². The van der Waals surface area contributed by atoms with E-state index in [1.807, 2.05) is 43.3 Å². The Balaban J connectivity index is 1.50. The second-order valence-corrected chi connectivity index (χ2v) is 7.61. The van der Waals surface area contributed by atoms with Gasteiger partial charge in [-0.15, -0.1) is 11.3 Å². The molecular weight excluding hydrogens is 416 g/mol. The first-order valence-electron chi connectivity index (χ1n) is 9.63. The van der Waals surface area contributed by atoms with Crippen LogP contribution in [0, 0.1) is 6.92 Å². The topological polar surface area (TPSA) is 86.8 Å².